The quantitative estimate of drug-likeness (QED) is 0.753. The third kappa shape index (κ3) is 2.14. The highest BCUT2D eigenvalue weighted by Gasteiger charge is 2.10. The monoisotopic (exact) mass is 253 g/mol. The first-order chi connectivity index (χ1) is 9.28. The Kier molecular flexibility index (Phi) is 2.87. The van der Waals surface area contributed by atoms with Gasteiger partial charge >= 0.3 is 0 Å². The summed E-state index contributed by atoms with van der Waals surface area (Å²) in [7, 11) is 0. The first-order valence-corrected chi connectivity index (χ1v) is 6.30. The van der Waals surface area contributed by atoms with E-state index in [0.717, 1.165) is 28.8 Å². The molecular weight excluding hydrogens is 238 g/mol. The summed E-state index contributed by atoms with van der Waals surface area (Å²) in [5, 5.41) is 11.0. The summed E-state index contributed by atoms with van der Waals surface area (Å²) in [4.78, 5) is 8.97. The van der Waals surface area contributed by atoms with E-state index >= 15 is 0 Å². The molecule has 3 aromatic rings. The largest absolute Gasteiger partial charge is 0.354 e. The van der Waals surface area contributed by atoms with Crippen LogP contribution in [0.15, 0.2) is 30.5 Å². The topological polar surface area (TPSA) is 66.5 Å². The molecule has 0 aliphatic rings. The number of rotatable bonds is 3. The van der Waals surface area contributed by atoms with Crippen molar-refractivity contribution in [1.82, 2.24) is 20.2 Å². The Bertz CT molecular complexity index is 699. The number of aryl methyl sites for hydroxylation is 1. The molecule has 0 saturated heterocycles. The fourth-order valence-corrected chi connectivity index (χ4v) is 2.00. The predicted molar refractivity (Wildman–Crippen MR) is 76.0 cm³/mol. The van der Waals surface area contributed by atoms with Gasteiger partial charge in [0.2, 0.25) is 5.95 Å². The predicted octanol–water partition coefficient (Wildman–Crippen LogP) is 2.76. The number of anilines is 1. The normalized spacial score (nSPS) is 10.8. The minimum absolute atomic E-state index is 0.620. The van der Waals surface area contributed by atoms with Crippen molar-refractivity contribution in [2.45, 2.75) is 13.8 Å². The maximum Gasteiger partial charge on any atom is 0.225 e. The van der Waals surface area contributed by atoms with Gasteiger partial charge in [-0.3, -0.25) is 5.10 Å². The molecule has 19 heavy (non-hydrogen) atoms. The Morgan fingerprint density at radius 3 is 2.68 bits per heavy atom. The van der Waals surface area contributed by atoms with E-state index in [4.69, 9.17) is 0 Å². The van der Waals surface area contributed by atoms with E-state index < -0.39 is 0 Å². The second-order valence-corrected chi connectivity index (χ2v) is 4.42. The van der Waals surface area contributed by atoms with Gasteiger partial charge in [-0.05, 0) is 13.8 Å². The van der Waals surface area contributed by atoms with Crippen LogP contribution >= 0.6 is 0 Å². The molecule has 0 aliphatic carbocycles. The number of fused-ring (bicyclic) bond motifs is 1. The molecule has 0 spiro atoms. The fourth-order valence-electron chi connectivity index (χ4n) is 2.00. The number of H-pyrrole nitrogens is 1. The minimum Gasteiger partial charge on any atom is -0.354 e. The van der Waals surface area contributed by atoms with Crippen molar-refractivity contribution in [1.29, 1.82) is 0 Å². The van der Waals surface area contributed by atoms with Gasteiger partial charge in [-0.2, -0.15) is 10.1 Å². The van der Waals surface area contributed by atoms with E-state index in [1.165, 1.54) is 5.56 Å². The molecule has 5 heteroatoms. The maximum absolute atomic E-state index is 4.58. The third-order valence-corrected chi connectivity index (χ3v) is 2.97. The average Bonchev–Trinajstić information content (AvgIpc) is 2.87. The summed E-state index contributed by atoms with van der Waals surface area (Å²) in [5.74, 6) is 0.620. The van der Waals surface area contributed by atoms with Gasteiger partial charge in [0.1, 0.15) is 0 Å². The Morgan fingerprint density at radius 2 is 1.95 bits per heavy atom. The summed E-state index contributed by atoms with van der Waals surface area (Å²) in [5.41, 5.74) is 3.95. The Hall–Kier alpha value is -2.43. The van der Waals surface area contributed by atoms with Gasteiger partial charge in [-0.1, -0.05) is 29.8 Å². The zero-order valence-electron chi connectivity index (χ0n) is 10.9. The molecule has 2 heterocycles. The highest BCUT2D eigenvalue weighted by atomic mass is 15.2. The lowest BCUT2D eigenvalue weighted by Gasteiger charge is -2.06. The zero-order valence-corrected chi connectivity index (χ0v) is 10.9. The molecule has 0 radical (unpaired) electrons. The summed E-state index contributed by atoms with van der Waals surface area (Å²) >= 11 is 0. The van der Waals surface area contributed by atoms with Gasteiger partial charge in [0.15, 0.2) is 5.65 Å². The van der Waals surface area contributed by atoms with E-state index in [1.54, 1.807) is 6.20 Å². The molecule has 5 nitrogen and oxygen atoms in total. The van der Waals surface area contributed by atoms with Crippen LogP contribution in [0.4, 0.5) is 5.95 Å². The molecule has 0 amide bonds. The second-order valence-electron chi connectivity index (χ2n) is 4.42. The van der Waals surface area contributed by atoms with Crippen LogP contribution in [0, 0.1) is 6.92 Å². The highest BCUT2D eigenvalue weighted by Crippen LogP contribution is 2.26. The molecule has 2 N–H and O–H groups in total. The van der Waals surface area contributed by atoms with Gasteiger partial charge in [0.05, 0.1) is 17.3 Å². The standard InChI is InChI=1S/C14H15N5/c1-3-15-14-17-12(10-6-4-9(2)5-7-10)11-8-16-19-13(11)18-14/h4-8H,3H2,1-2H3,(H2,15,16,17,18,19). The van der Waals surface area contributed by atoms with Gasteiger partial charge < -0.3 is 5.32 Å². The van der Waals surface area contributed by atoms with Crippen molar-refractivity contribution in [2.24, 2.45) is 0 Å². The summed E-state index contributed by atoms with van der Waals surface area (Å²) in [6.07, 6.45) is 1.76. The number of aromatic amines is 1. The molecule has 3 rings (SSSR count). The summed E-state index contributed by atoms with van der Waals surface area (Å²) in [6, 6.07) is 8.30. The highest BCUT2D eigenvalue weighted by molar-refractivity contribution is 5.90. The molecule has 0 fully saturated rings. The number of hydrogen-bond donors (Lipinski definition) is 2. The van der Waals surface area contributed by atoms with Gasteiger partial charge in [-0.15, -0.1) is 0 Å². The number of nitrogens with zero attached hydrogens (tertiary/aromatic N) is 3. The third-order valence-electron chi connectivity index (χ3n) is 2.97. The van der Waals surface area contributed by atoms with Crippen LogP contribution in [0.5, 0.6) is 0 Å². The van der Waals surface area contributed by atoms with E-state index in [9.17, 15) is 0 Å². The smallest absolute Gasteiger partial charge is 0.225 e. The second kappa shape index (κ2) is 4.68. The Labute approximate surface area is 111 Å². The van der Waals surface area contributed by atoms with Gasteiger partial charge in [0.25, 0.3) is 0 Å². The van der Waals surface area contributed by atoms with Crippen LogP contribution in [0.1, 0.15) is 12.5 Å². The number of hydrogen-bond acceptors (Lipinski definition) is 4. The summed E-state index contributed by atoms with van der Waals surface area (Å²) in [6.45, 7) is 4.88. The number of nitrogens with one attached hydrogen (secondary N) is 2. The van der Waals surface area contributed by atoms with Crippen LogP contribution in [-0.4, -0.2) is 26.7 Å². The van der Waals surface area contributed by atoms with Crippen LogP contribution in [0.2, 0.25) is 0 Å². The van der Waals surface area contributed by atoms with Crippen LogP contribution in [0.3, 0.4) is 0 Å². The van der Waals surface area contributed by atoms with Crippen LogP contribution in [-0.2, 0) is 0 Å². The lowest BCUT2D eigenvalue weighted by atomic mass is 10.1. The molecular formula is C14H15N5. The number of aromatic nitrogens is 4. The minimum atomic E-state index is 0.620. The molecule has 0 saturated carbocycles. The van der Waals surface area contributed by atoms with Crippen molar-refractivity contribution in [3.05, 3.63) is 36.0 Å². The van der Waals surface area contributed by atoms with Crippen LogP contribution < -0.4 is 5.32 Å². The SMILES string of the molecule is CCNc1nc(-c2ccc(C)cc2)c2cn[nH]c2n1. The van der Waals surface area contributed by atoms with Crippen molar-refractivity contribution in [2.75, 3.05) is 11.9 Å². The molecule has 0 aliphatic heterocycles. The zero-order chi connectivity index (χ0) is 13.2. The van der Waals surface area contributed by atoms with E-state index in [1.807, 2.05) is 6.92 Å². The number of benzene rings is 1. The summed E-state index contributed by atoms with van der Waals surface area (Å²) < 4.78 is 0. The first-order valence-electron chi connectivity index (χ1n) is 6.30. The van der Waals surface area contributed by atoms with E-state index in [2.05, 4.69) is 56.7 Å². The van der Waals surface area contributed by atoms with Gasteiger partial charge in [-0.25, -0.2) is 4.98 Å². The van der Waals surface area contributed by atoms with Crippen molar-refractivity contribution in [3.8, 4) is 11.3 Å². The Balaban J connectivity index is 2.20. The molecule has 0 bridgehead atoms. The van der Waals surface area contributed by atoms with E-state index in [0.29, 0.717) is 5.95 Å². The molecule has 96 valence electrons. The average molecular weight is 253 g/mol. The molecule has 0 atom stereocenters. The Morgan fingerprint density at radius 1 is 1.16 bits per heavy atom. The van der Waals surface area contributed by atoms with Crippen molar-refractivity contribution >= 4 is 17.0 Å². The first kappa shape index (κ1) is 11.6. The van der Waals surface area contributed by atoms with E-state index in [-0.39, 0.29) is 0 Å². The molecule has 0 unspecified atom stereocenters. The van der Waals surface area contributed by atoms with Gasteiger partial charge in [0, 0.05) is 12.1 Å². The van der Waals surface area contributed by atoms with Crippen LogP contribution in [0.25, 0.3) is 22.3 Å². The molecule has 2 aromatic heterocycles. The van der Waals surface area contributed by atoms with Crippen molar-refractivity contribution in [3.63, 3.8) is 0 Å². The fraction of sp³-hybridized carbons (Fsp3) is 0.214. The maximum atomic E-state index is 4.58. The molecule has 1 aromatic carbocycles. The van der Waals surface area contributed by atoms with Crippen molar-refractivity contribution < 1.29 is 0 Å². The lowest BCUT2D eigenvalue weighted by Crippen LogP contribution is -2.03. The lowest BCUT2D eigenvalue weighted by molar-refractivity contribution is 1.07.